The highest BCUT2D eigenvalue weighted by Gasteiger charge is 2.48. The van der Waals surface area contributed by atoms with E-state index in [2.05, 4.69) is 15.9 Å². The lowest BCUT2D eigenvalue weighted by Gasteiger charge is -2.46. The zero-order valence-electron chi connectivity index (χ0n) is 21.4. The van der Waals surface area contributed by atoms with Crippen molar-refractivity contribution in [1.82, 2.24) is 9.58 Å². The Kier molecular flexibility index (Phi) is 7.74. The Hall–Kier alpha value is -2.92. The monoisotopic (exact) mass is 621 g/mol. The van der Waals surface area contributed by atoms with Gasteiger partial charge in [0.05, 0.1) is 17.1 Å². The third-order valence-electron chi connectivity index (χ3n) is 7.07. The van der Waals surface area contributed by atoms with E-state index in [1.807, 2.05) is 55.5 Å². The number of benzene rings is 2. The summed E-state index contributed by atoms with van der Waals surface area (Å²) < 4.78 is 49.7. The lowest BCUT2D eigenvalue weighted by atomic mass is 9.94. The Labute approximate surface area is 236 Å². The molecule has 0 saturated carbocycles. The molecule has 0 radical (unpaired) electrons. The molecule has 11 heteroatoms. The predicted molar refractivity (Wildman–Crippen MR) is 148 cm³/mol. The Morgan fingerprint density at radius 1 is 1.10 bits per heavy atom. The summed E-state index contributed by atoms with van der Waals surface area (Å²) in [5, 5.41) is 1.72. The van der Waals surface area contributed by atoms with E-state index in [9.17, 15) is 22.8 Å². The van der Waals surface area contributed by atoms with Gasteiger partial charge in [0.25, 0.3) is 5.91 Å². The summed E-state index contributed by atoms with van der Waals surface area (Å²) in [6.07, 6.45) is -1.81. The van der Waals surface area contributed by atoms with Gasteiger partial charge in [0.15, 0.2) is 11.4 Å². The van der Waals surface area contributed by atoms with Crippen LogP contribution in [0.5, 0.6) is 5.75 Å². The quantitative estimate of drug-likeness (QED) is 0.295. The first-order valence-corrected chi connectivity index (χ1v) is 14.4. The third-order valence-corrected chi connectivity index (χ3v) is 8.77. The topological polar surface area (TPSA) is 54.8 Å². The number of hydrogen-bond donors (Lipinski definition) is 0. The number of hydrogen-bond acceptors (Lipinski definition) is 5. The molecule has 0 bridgehead atoms. The second-order valence-corrected chi connectivity index (χ2v) is 11.4. The summed E-state index contributed by atoms with van der Waals surface area (Å²) in [6, 6.07) is 13.0. The molecule has 0 aliphatic carbocycles. The normalized spacial score (nSPS) is 17.7. The molecule has 0 saturated heterocycles. The SMILES string of the molecule is CCCCOc1c2n(cc(Br)c1=O)N([C@H]1c3ccccc3CSc3ccccc31)CN(C(C)C(F)(F)F)C2=O. The molecule has 1 amide bonds. The van der Waals surface area contributed by atoms with Crippen molar-refractivity contribution < 1.29 is 22.7 Å². The fourth-order valence-corrected chi connectivity index (χ4v) is 6.39. The van der Waals surface area contributed by atoms with Gasteiger partial charge in [0, 0.05) is 16.8 Å². The number of ether oxygens (including phenoxy) is 1. The molecule has 1 unspecified atom stereocenters. The number of fused-ring (bicyclic) bond motifs is 3. The lowest BCUT2D eigenvalue weighted by molar-refractivity contribution is -0.173. The molecule has 1 aromatic heterocycles. The number of amides is 1. The zero-order chi connectivity index (χ0) is 27.9. The van der Waals surface area contributed by atoms with Crippen molar-refractivity contribution in [1.29, 1.82) is 0 Å². The van der Waals surface area contributed by atoms with Crippen LogP contribution in [-0.4, -0.2) is 41.0 Å². The lowest BCUT2D eigenvalue weighted by Crippen LogP contribution is -2.60. The number of aromatic nitrogens is 1. The van der Waals surface area contributed by atoms with Crippen LogP contribution in [0.1, 0.15) is 59.9 Å². The Morgan fingerprint density at radius 3 is 2.51 bits per heavy atom. The van der Waals surface area contributed by atoms with Gasteiger partial charge in [-0.25, -0.2) is 0 Å². The highest BCUT2D eigenvalue weighted by Crippen LogP contribution is 2.43. The van der Waals surface area contributed by atoms with E-state index in [1.54, 1.807) is 16.8 Å². The fourth-order valence-electron chi connectivity index (χ4n) is 4.92. The number of rotatable bonds is 6. The van der Waals surface area contributed by atoms with Gasteiger partial charge in [-0.15, -0.1) is 11.8 Å². The highest BCUT2D eigenvalue weighted by atomic mass is 79.9. The molecule has 0 fully saturated rings. The molecule has 39 heavy (non-hydrogen) atoms. The summed E-state index contributed by atoms with van der Waals surface area (Å²) in [4.78, 5) is 28.7. The van der Waals surface area contributed by atoms with Gasteiger partial charge < -0.3 is 9.64 Å². The van der Waals surface area contributed by atoms with Crippen LogP contribution >= 0.6 is 27.7 Å². The Morgan fingerprint density at radius 2 is 1.79 bits per heavy atom. The van der Waals surface area contributed by atoms with E-state index in [0.717, 1.165) is 39.8 Å². The van der Waals surface area contributed by atoms with E-state index in [-0.39, 0.29) is 29.2 Å². The number of unbranched alkanes of at least 4 members (excludes halogenated alkanes) is 1. The van der Waals surface area contributed by atoms with E-state index < -0.39 is 29.6 Å². The Balaban J connectivity index is 1.78. The molecular formula is C28H27BrF3N3O3S. The molecule has 206 valence electrons. The number of halogens is 4. The summed E-state index contributed by atoms with van der Waals surface area (Å²) in [7, 11) is 0. The molecule has 0 N–H and O–H groups in total. The van der Waals surface area contributed by atoms with Crippen molar-refractivity contribution in [3.05, 3.63) is 91.8 Å². The number of pyridine rings is 1. The van der Waals surface area contributed by atoms with Gasteiger partial charge in [0.2, 0.25) is 5.43 Å². The first-order valence-electron chi connectivity index (χ1n) is 12.7. The van der Waals surface area contributed by atoms with Crippen molar-refractivity contribution in [2.75, 3.05) is 18.3 Å². The van der Waals surface area contributed by atoms with E-state index >= 15 is 0 Å². The number of thioether (sulfide) groups is 1. The van der Waals surface area contributed by atoms with E-state index in [4.69, 9.17) is 4.74 Å². The molecule has 6 nitrogen and oxygen atoms in total. The second-order valence-electron chi connectivity index (χ2n) is 9.53. The predicted octanol–water partition coefficient (Wildman–Crippen LogP) is 6.49. The van der Waals surface area contributed by atoms with E-state index in [0.29, 0.717) is 12.2 Å². The van der Waals surface area contributed by atoms with Crippen molar-refractivity contribution in [2.24, 2.45) is 0 Å². The van der Waals surface area contributed by atoms with Crippen molar-refractivity contribution in [2.45, 2.75) is 55.6 Å². The van der Waals surface area contributed by atoms with Crippen LogP contribution in [0.4, 0.5) is 13.2 Å². The molecular weight excluding hydrogens is 595 g/mol. The number of carbonyl (C=O) groups is 1. The molecule has 0 spiro atoms. The Bertz CT molecular complexity index is 1410. The van der Waals surface area contributed by atoms with Gasteiger partial charge in [-0.1, -0.05) is 55.8 Å². The van der Waals surface area contributed by atoms with Crippen LogP contribution in [0.25, 0.3) is 0 Å². The summed E-state index contributed by atoms with van der Waals surface area (Å²) in [6.45, 7) is 2.72. The number of nitrogens with zero attached hydrogens (tertiary/aromatic N) is 3. The van der Waals surface area contributed by atoms with Gasteiger partial charge in [-0.2, -0.15) is 13.2 Å². The van der Waals surface area contributed by atoms with Crippen LogP contribution in [0.2, 0.25) is 0 Å². The van der Waals surface area contributed by atoms with Crippen LogP contribution in [0.15, 0.2) is 68.9 Å². The number of alkyl halides is 3. The molecule has 2 aliphatic heterocycles. The van der Waals surface area contributed by atoms with Gasteiger partial charge in [-0.05, 0) is 52.0 Å². The molecule has 5 rings (SSSR count). The minimum absolute atomic E-state index is 0.150. The smallest absolute Gasteiger partial charge is 0.408 e. The summed E-state index contributed by atoms with van der Waals surface area (Å²) >= 11 is 4.97. The van der Waals surface area contributed by atoms with Gasteiger partial charge in [-0.3, -0.25) is 19.3 Å². The maximum absolute atomic E-state index is 14.1. The molecule has 2 atom stereocenters. The molecule has 2 aliphatic rings. The maximum atomic E-state index is 14.1. The fraction of sp³-hybridized carbons (Fsp3) is 0.357. The largest absolute Gasteiger partial charge is 0.487 e. The van der Waals surface area contributed by atoms with Crippen molar-refractivity contribution in [3.8, 4) is 5.75 Å². The minimum atomic E-state index is -4.67. The van der Waals surface area contributed by atoms with Crippen molar-refractivity contribution >= 4 is 33.6 Å². The van der Waals surface area contributed by atoms with Gasteiger partial charge >= 0.3 is 6.18 Å². The van der Waals surface area contributed by atoms with Crippen LogP contribution in [-0.2, 0) is 5.75 Å². The highest BCUT2D eigenvalue weighted by molar-refractivity contribution is 9.10. The third kappa shape index (κ3) is 5.06. The molecule has 3 heterocycles. The average Bonchev–Trinajstić information content (AvgIpc) is 3.07. The molecule has 3 aromatic rings. The van der Waals surface area contributed by atoms with Crippen LogP contribution < -0.4 is 15.2 Å². The van der Waals surface area contributed by atoms with Crippen LogP contribution in [0.3, 0.4) is 0 Å². The summed E-state index contributed by atoms with van der Waals surface area (Å²) in [5.74, 6) is -0.473. The minimum Gasteiger partial charge on any atom is -0.487 e. The average molecular weight is 623 g/mol. The van der Waals surface area contributed by atoms with Gasteiger partial charge in [0.1, 0.15) is 12.7 Å². The second kappa shape index (κ2) is 10.9. The van der Waals surface area contributed by atoms with Crippen LogP contribution in [0, 0.1) is 0 Å². The first-order chi connectivity index (χ1) is 18.6. The molecule has 2 aromatic carbocycles. The summed E-state index contributed by atoms with van der Waals surface area (Å²) in [5.41, 5.74) is 2.06. The number of carbonyl (C=O) groups excluding carboxylic acids is 1. The van der Waals surface area contributed by atoms with E-state index in [1.165, 1.54) is 10.9 Å². The van der Waals surface area contributed by atoms with Crippen molar-refractivity contribution in [3.63, 3.8) is 0 Å². The zero-order valence-corrected chi connectivity index (χ0v) is 23.8. The maximum Gasteiger partial charge on any atom is 0.408 e. The standard InChI is InChI=1S/C28H27BrF3N3O3S/c1-3-4-13-38-26-24-27(37)33(17(2)28(30,31)32)16-35(34(24)14-21(29)25(26)36)23-19-10-6-5-9-18(19)15-39-22-12-8-7-11-20(22)23/h5-12,14,17,23H,3-4,13,15-16H2,1-2H3/t17?,23-/m0/s1. The first kappa shape index (κ1) is 27.6.